The molecule has 0 aromatic carbocycles. The molecular formula is C15H31NO2. The monoisotopic (exact) mass is 257 g/mol. The summed E-state index contributed by atoms with van der Waals surface area (Å²) in [5.41, 5.74) is -0.581. The Kier molecular flexibility index (Phi) is 7.53. The smallest absolute Gasteiger partial charge is 0.309 e. The van der Waals surface area contributed by atoms with Crippen LogP contribution in [0.15, 0.2) is 0 Å². The molecule has 1 atom stereocenters. The van der Waals surface area contributed by atoms with Gasteiger partial charge in [0, 0.05) is 6.04 Å². The number of hydrogen-bond donors (Lipinski definition) is 1. The van der Waals surface area contributed by atoms with Gasteiger partial charge in [0.2, 0.25) is 0 Å². The Morgan fingerprint density at radius 3 is 2.22 bits per heavy atom. The van der Waals surface area contributed by atoms with Crippen LogP contribution in [0.4, 0.5) is 0 Å². The standard InChI is InChI=1S/C15H31NO2/c1-12(2)11-13(3)16(6)10-8-7-9-15(4,5)14(17)18/h12-13H,7-11H2,1-6H3,(H,17,18). The van der Waals surface area contributed by atoms with Gasteiger partial charge in [-0.1, -0.05) is 20.3 Å². The summed E-state index contributed by atoms with van der Waals surface area (Å²) in [6.45, 7) is 11.4. The highest BCUT2D eigenvalue weighted by molar-refractivity contribution is 5.73. The first-order valence-corrected chi connectivity index (χ1v) is 7.10. The van der Waals surface area contributed by atoms with E-state index >= 15 is 0 Å². The number of aliphatic carboxylic acids is 1. The molecule has 0 bridgehead atoms. The fourth-order valence-corrected chi connectivity index (χ4v) is 2.12. The van der Waals surface area contributed by atoms with Crippen molar-refractivity contribution in [3.05, 3.63) is 0 Å². The molecular weight excluding hydrogens is 226 g/mol. The van der Waals surface area contributed by atoms with Crippen molar-refractivity contribution >= 4 is 5.97 Å². The average Bonchev–Trinajstić information content (AvgIpc) is 2.22. The first kappa shape index (κ1) is 17.4. The number of carboxylic acid groups (broad SMARTS) is 1. The van der Waals surface area contributed by atoms with E-state index < -0.39 is 11.4 Å². The molecule has 0 saturated heterocycles. The number of unbranched alkanes of at least 4 members (excludes halogenated alkanes) is 1. The third-order valence-corrected chi connectivity index (χ3v) is 3.71. The summed E-state index contributed by atoms with van der Waals surface area (Å²) in [6, 6.07) is 0.609. The Morgan fingerprint density at radius 1 is 1.22 bits per heavy atom. The molecule has 3 nitrogen and oxygen atoms in total. The SMILES string of the molecule is CC(C)CC(C)N(C)CCCCC(C)(C)C(=O)O. The molecule has 0 fully saturated rings. The summed E-state index contributed by atoms with van der Waals surface area (Å²) in [5.74, 6) is 0.0393. The molecule has 18 heavy (non-hydrogen) atoms. The fourth-order valence-electron chi connectivity index (χ4n) is 2.12. The Balaban J connectivity index is 3.81. The number of nitrogens with zero attached hydrogens (tertiary/aromatic N) is 1. The summed E-state index contributed by atoms with van der Waals surface area (Å²) in [6.07, 6.45) is 4.04. The van der Waals surface area contributed by atoms with Gasteiger partial charge < -0.3 is 10.0 Å². The van der Waals surface area contributed by atoms with Gasteiger partial charge in [-0.15, -0.1) is 0 Å². The van der Waals surface area contributed by atoms with E-state index in [0.29, 0.717) is 6.04 Å². The van der Waals surface area contributed by atoms with Crippen molar-refractivity contribution in [1.29, 1.82) is 0 Å². The highest BCUT2D eigenvalue weighted by Gasteiger charge is 2.26. The number of hydrogen-bond acceptors (Lipinski definition) is 2. The van der Waals surface area contributed by atoms with Crippen LogP contribution in [0.5, 0.6) is 0 Å². The Hall–Kier alpha value is -0.570. The molecule has 0 aliphatic heterocycles. The minimum absolute atomic E-state index is 0.581. The van der Waals surface area contributed by atoms with Crippen molar-refractivity contribution in [1.82, 2.24) is 4.90 Å². The van der Waals surface area contributed by atoms with E-state index in [1.807, 2.05) is 0 Å². The minimum Gasteiger partial charge on any atom is -0.481 e. The van der Waals surface area contributed by atoms with Gasteiger partial charge in [0.1, 0.15) is 0 Å². The lowest BCUT2D eigenvalue weighted by Crippen LogP contribution is -2.31. The predicted molar refractivity (Wildman–Crippen MR) is 76.8 cm³/mol. The van der Waals surface area contributed by atoms with E-state index in [4.69, 9.17) is 5.11 Å². The second kappa shape index (κ2) is 7.78. The normalized spacial score (nSPS) is 14.2. The van der Waals surface area contributed by atoms with Crippen LogP contribution in [0.2, 0.25) is 0 Å². The zero-order valence-electron chi connectivity index (χ0n) is 13.0. The highest BCUT2D eigenvalue weighted by Crippen LogP contribution is 2.23. The topological polar surface area (TPSA) is 40.5 Å². The molecule has 1 unspecified atom stereocenters. The number of rotatable bonds is 9. The summed E-state index contributed by atoms with van der Waals surface area (Å²) < 4.78 is 0. The van der Waals surface area contributed by atoms with Gasteiger partial charge >= 0.3 is 5.97 Å². The zero-order chi connectivity index (χ0) is 14.3. The van der Waals surface area contributed by atoms with E-state index in [-0.39, 0.29) is 0 Å². The van der Waals surface area contributed by atoms with Crippen LogP contribution >= 0.6 is 0 Å². The molecule has 0 rings (SSSR count). The molecule has 0 spiro atoms. The van der Waals surface area contributed by atoms with Crippen LogP contribution in [0, 0.1) is 11.3 Å². The molecule has 0 aliphatic rings. The maximum Gasteiger partial charge on any atom is 0.309 e. The van der Waals surface area contributed by atoms with Crippen molar-refractivity contribution in [2.24, 2.45) is 11.3 Å². The van der Waals surface area contributed by atoms with E-state index in [2.05, 4.69) is 32.7 Å². The van der Waals surface area contributed by atoms with Crippen LogP contribution in [0.25, 0.3) is 0 Å². The lowest BCUT2D eigenvalue weighted by atomic mass is 9.87. The molecule has 0 saturated carbocycles. The minimum atomic E-state index is -0.691. The summed E-state index contributed by atoms with van der Waals surface area (Å²) in [4.78, 5) is 13.4. The van der Waals surface area contributed by atoms with Crippen molar-refractivity contribution < 1.29 is 9.90 Å². The van der Waals surface area contributed by atoms with Crippen LogP contribution in [0.3, 0.4) is 0 Å². The summed E-state index contributed by atoms with van der Waals surface area (Å²) in [5, 5.41) is 9.03. The van der Waals surface area contributed by atoms with Gasteiger partial charge in [-0.25, -0.2) is 0 Å². The Bertz CT molecular complexity index is 249. The lowest BCUT2D eigenvalue weighted by molar-refractivity contribution is -0.147. The van der Waals surface area contributed by atoms with Crippen molar-refractivity contribution in [3.63, 3.8) is 0 Å². The van der Waals surface area contributed by atoms with Gasteiger partial charge in [0.15, 0.2) is 0 Å². The number of carboxylic acids is 1. The fraction of sp³-hybridized carbons (Fsp3) is 0.933. The van der Waals surface area contributed by atoms with E-state index in [9.17, 15) is 4.79 Å². The average molecular weight is 257 g/mol. The predicted octanol–water partition coefficient (Wildman–Crippen LogP) is 3.63. The molecule has 3 heteroatoms. The highest BCUT2D eigenvalue weighted by atomic mass is 16.4. The molecule has 1 N–H and O–H groups in total. The van der Waals surface area contributed by atoms with Gasteiger partial charge in [-0.2, -0.15) is 0 Å². The van der Waals surface area contributed by atoms with Crippen LogP contribution in [-0.2, 0) is 4.79 Å². The van der Waals surface area contributed by atoms with E-state index in [1.165, 1.54) is 6.42 Å². The molecule has 0 aromatic rings. The van der Waals surface area contributed by atoms with E-state index in [0.717, 1.165) is 31.7 Å². The van der Waals surface area contributed by atoms with Gasteiger partial charge in [-0.05, 0) is 59.5 Å². The third-order valence-electron chi connectivity index (χ3n) is 3.71. The first-order chi connectivity index (χ1) is 8.16. The zero-order valence-corrected chi connectivity index (χ0v) is 13.0. The number of carbonyl (C=O) groups is 1. The summed E-state index contributed by atoms with van der Waals surface area (Å²) >= 11 is 0. The Morgan fingerprint density at radius 2 is 1.78 bits per heavy atom. The molecule has 0 heterocycles. The first-order valence-electron chi connectivity index (χ1n) is 7.10. The lowest BCUT2D eigenvalue weighted by Gasteiger charge is -2.26. The third kappa shape index (κ3) is 7.00. The molecule has 0 radical (unpaired) electrons. The van der Waals surface area contributed by atoms with E-state index in [1.54, 1.807) is 13.8 Å². The van der Waals surface area contributed by atoms with Gasteiger partial charge in [0.25, 0.3) is 0 Å². The summed E-state index contributed by atoms with van der Waals surface area (Å²) in [7, 11) is 2.16. The molecule has 0 aromatic heterocycles. The Labute approximate surface area is 113 Å². The van der Waals surface area contributed by atoms with Crippen LogP contribution < -0.4 is 0 Å². The second-order valence-electron chi connectivity index (χ2n) is 6.61. The van der Waals surface area contributed by atoms with Crippen molar-refractivity contribution in [2.75, 3.05) is 13.6 Å². The maximum atomic E-state index is 11.0. The second-order valence-corrected chi connectivity index (χ2v) is 6.61. The maximum absolute atomic E-state index is 11.0. The van der Waals surface area contributed by atoms with Gasteiger partial charge in [-0.3, -0.25) is 4.79 Å². The molecule has 0 amide bonds. The van der Waals surface area contributed by atoms with Crippen LogP contribution in [0.1, 0.15) is 60.3 Å². The van der Waals surface area contributed by atoms with Crippen molar-refractivity contribution in [2.45, 2.75) is 66.3 Å². The molecule has 0 aliphatic carbocycles. The van der Waals surface area contributed by atoms with Gasteiger partial charge in [0.05, 0.1) is 5.41 Å². The van der Waals surface area contributed by atoms with Crippen molar-refractivity contribution in [3.8, 4) is 0 Å². The quantitative estimate of drug-likeness (QED) is 0.641. The van der Waals surface area contributed by atoms with Crippen LogP contribution in [-0.4, -0.2) is 35.6 Å². The largest absolute Gasteiger partial charge is 0.481 e. The molecule has 108 valence electrons.